The van der Waals surface area contributed by atoms with Crippen molar-refractivity contribution in [1.82, 2.24) is 5.32 Å². The molecule has 10 heteroatoms. The maximum atomic E-state index is 14.9. The smallest absolute Gasteiger partial charge is 0.414 e. The van der Waals surface area contributed by atoms with Gasteiger partial charge in [-0.05, 0) is 31.0 Å². The summed E-state index contributed by atoms with van der Waals surface area (Å²) in [5, 5.41) is 30.5. The van der Waals surface area contributed by atoms with Crippen LogP contribution in [0.15, 0.2) is 18.2 Å². The van der Waals surface area contributed by atoms with Crippen LogP contribution in [0.1, 0.15) is 19.8 Å². The zero-order valence-electron chi connectivity index (χ0n) is 17.0. The van der Waals surface area contributed by atoms with Crippen LogP contribution in [0, 0.1) is 51.1 Å². The van der Waals surface area contributed by atoms with Crippen LogP contribution in [0.5, 0.6) is 0 Å². The van der Waals surface area contributed by atoms with Crippen LogP contribution < -0.4 is 15.1 Å². The standard InChI is InChI=1S/C21H21FN6O3/c1-14(29)26-11-17-12-28(20(30)31-17)16-2-3-19(18(22)8-16)27-6-4-21(13-25,5-7-27)15(9-23)10-24/h2-3,8,15,17H,4-7,11-12H2,1H3,(H,26,29). The van der Waals surface area contributed by atoms with Gasteiger partial charge in [-0.15, -0.1) is 0 Å². The number of carbonyl (C=O) groups is 2. The maximum absolute atomic E-state index is 14.9. The minimum Gasteiger partial charge on any atom is -0.442 e. The van der Waals surface area contributed by atoms with E-state index < -0.39 is 29.3 Å². The van der Waals surface area contributed by atoms with Crippen molar-refractivity contribution < 1.29 is 18.7 Å². The Morgan fingerprint density at radius 2 is 2.00 bits per heavy atom. The van der Waals surface area contributed by atoms with Gasteiger partial charge in [0.1, 0.15) is 11.9 Å². The molecule has 160 valence electrons. The minimum atomic E-state index is -1.06. The van der Waals surface area contributed by atoms with Gasteiger partial charge in [-0.2, -0.15) is 15.8 Å². The number of carbonyl (C=O) groups excluding carboxylic acids is 2. The zero-order chi connectivity index (χ0) is 22.6. The molecule has 0 spiro atoms. The number of amides is 2. The minimum absolute atomic E-state index is 0.180. The third-order valence-corrected chi connectivity index (χ3v) is 5.73. The number of nitriles is 3. The number of anilines is 2. The van der Waals surface area contributed by atoms with Crippen molar-refractivity contribution in [3.63, 3.8) is 0 Å². The highest BCUT2D eigenvalue weighted by Crippen LogP contribution is 2.40. The summed E-state index contributed by atoms with van der Waals surface area (Å²) in [6.07, 6.45) is -0.577. The molecule has 1 unspecified atom stereocenters. The van der Waals surface area contributed by atoms with Crippen molar-refractivity contribution in [2.75, 3.05) is 36.0 Å². The third-order valence-electron chi connectivity index (χ3n) is 5.73. The molecular formula is C21H21FN6O3. The van der Waals surface area contributed by atoms with Crippen molar-refractivity contribution in [2.24, 2.45) is 11.3 Å². The van der Waals surface area contributed by atoms with Crippen LogP contribution in [0.3, 0.4) is 0 Å². The first-order chi connectivity index (χ1) is 14.8. The van der Waals surface area contributed by atoms with Crippen LogP contribution >= 0.6 is 0 Å². The van der Waals surface area contributed by atoms with Crippen molar-refractivity contribution in [2.45, 2.75) is 25.9 Å². The first kappa shape index (κ1) is 21.9. The van der Waals surface area contributed by atoms with Gasteiger partial charge >= 0.3 is 6.09 Å². The lowest BCUT2D eigenvalue weighted by atomic mass is 9.71. The first-order valence-corrected chi connectivity index (χ1v) is 9.81. The lowest BCUT2D eigenvalue weighted by Gasteiger charge is -2.39. The van der Waals surface area contributed by atoms with Crippen molar-refractivity contribution in [3.8, 4) is 18.2 Å². The molecule has 0 saturated carbocycles. The van der Waals surface area contributed by atoms with Crippen LogP contribution in [0.4, 0.5) is 20.6 Å². The van der Waals surface area contributed by atoms with Gasteiger partial charge in [0.05, 0.1) is 48.1 Å². The van der Waals surface area contributed by atoms with Gasteiger partial charge in [-0.25, -0.2) is 9.18 Å². The van der Waals surface area contributed by atoms with E-state index in [0.717, 1.165) is 0 Å². The summed E-state index contributed by atoms with van der Waals surface area (Å²) in [6.45, 7) is 2.39. The Kier molecular flexibility index (Phi) is 6.27. The Morgan fingerprint density at radius 3 is 2.55 bits per heavy atom. The molecule has 0 aliphatic carbocycles. The number of hydrogen-bond donors (Lipinski definition) is 1. The molecule has 31 heavy (non-hydrogen) atoms. The van der Waals surface area contributed by atoms with Crippen molar-refractivity contribution in [1.29, 1.82) is 15.8 Å². The lowest BCUT2D eigenvalue weighted by Crippen LogP contribution is -2.43. The van der Waals surface area contributed by atoms with E-state index in [-0.39, 0.29) is 31.8 Å². The number of nitrogens with one attached hydrogen (secondary N) is 1. The molecule has 2 amide bonds. The average Bonchev–Trinajstić information content (AvgIpc) is 3.14. The summed E-state index contributed by atoms with van der Waals surface area (Å²) in [6, 6.07) is 10.3. The van der Waals surface area contributed by atoms with Crippen LogP contribution in [0.2, 0.25) is 0 Å². The Balaban J connectivity index is 1.69. The third kappa shape index (κ3) is 4.36. The predicted octanol–water partition coefficient (Wildman–Crippen LogP) is 2.06. The van der Waals surface area contributed by atoms with Gasteiger partial charge in [0.2, 0.25) is 5.91 Å². The first-order valence-electron chi connectivity index (χ1n) is 9.81. The van der Waals surface area contributed by atoms with E-state index in [1.807, 2.05) is 12.1 Å². The number of halogens is 1. The fourth-order valence-corrected chi connectivity index (χ4v) is 3.90. The van der Waals surface area contributed by atoms with Crippen molar-refractivity contribution in [3.05, 3.63) is 24.0 Å². The zero-order valence-corrected chi connectivity index (χ0v) is 17.0. The fourth-order valence-electron chi connectivity index (χ4n) is 3.90. The number of hydrogen-bond acceptors (Lipinski definition) is 7. The molecule has 3 rings (SSSR count). The number of cyclic esters (lactones) is 1. The summed E-state index contributed by atoms with van der Waals surface area (Å²) in [7, 11) is 0. The number of nitrogens with zero attached hydrogens (tertiary/aromatic N) is 5. The van der Waals surface area contributed by atoms with Crippen LogP contribution in [0.25, 0.3) is 0 Å². The molecule has 2 fully saturated rings. The van der Waals surface area contributed by atoms with E-state index >= 15 is 0 Å². The Morgan fingerprint density at radius 1 is 1.32 bits per heavy atom. The van der Waals surface area contributed by atoms with E-state index in [0.29, 0.717) is 24.5 Å². The van der Waals surface area contributed by atoms with E-state index in [4.69, 9.17) is 4.74 Å². The Bertz CT molecular complexity index is 986. The number of ether oxygens (including phenoxy) is 1. The summed E-state index contributed by atoms with van der Waals surface area (Å²) < 4.78 is 20.1. The van der Waals surface area contributed by atoms with Gasteiger partial charge in [0, 0.05) is 20.0 Å². The molecule has 1 N–H and O–H groups in total. The van der Waals surface area contributed by atoms with E-state index in [1.165, 1.54) is 17.9 Å². The van der Waals surface area contributed by atoms with E-state index in [1.54, 1.807) is 17.0 Å². The number of benzene rings is 1. The van der Waals surface area contributed by atoms with Crippen molar-refractivity contribution >= 4 is 23.4 Å². The summed E-state index contributed by atoms with van der Waals surface area (Å²) in [4.78, 5) is 26.2. The summed E-state index contributed by atoms with van der Waals surface area (Å²) in [5.41, 5.74) is -0.393. The second kappa shape index (κ2) is 8.89. The fraction of sp³-hybridized carbons (Fsp3) is 0.476. The second-order valence-electron chi connectivity index (χ2n) is 7.64. The summed E-state index contributed by atoms with van der Waals surface area (Å²) in [5.74, 6) is -1.79. The average molecular weight is 424 g/mol. The molecule has 0 radical (unpaired) electrons. The second-order valence-corrected chi connectivity index (χ2v) is 7.64. The Labute approximate surface area is 179 Å². The predicted molar refractivity (Wildman–Crippen MR) is 107 cm³/mol. The van der Waals surface area contributed by atoms with Crippen LogP contribution in [-0.2, 0) is 9.53 Å². The number of piperidine rings is 1. The topological polar surface area (TPSA) is 133 Å². The molecule has 1 aromatic rings. The van der Waals surface area contributed by atoms with Gasteiger partial charge < -0.3 is 15.0 Å². The number of rotatable bonds is 5. The quantitative estimate of drug-likeness (QED) is 0.765. The maximum Gasteiger partial charge on any atom is 0.414 e. The van der Waals surface area contributed by atoms with Gasteiger partial charge in [0.15, 0.2) is 5.92 Å². The summed E-state index contributed by atoms with van der Waals surface area (Å²) >= 11 is 0. The molecule has 2 aliphatic heterocycles. The lowest BCUT2D eigenvalue weighted by molar-refractivity contribution is -0.119. The van der Waals surface area contributed by atoms with Gasteiger partial charge in [-0.1, -0.05) is 0 Å². The van der Waals surface area contributed by atoms with Crippen LogP contribution in [-0.4, -0.2) is 44.3 Å². The molecule has 0 aromatic heterocycles. The highest BCUT2D eigenvalue weighted by Gasteiger charge is 2.43. The SMILES string of the molecule is CC(=O)NCC1CN(c2ccc(N3CCC(C#N)(C(C#N)C#N)CC3)c(F)c2)C(=O)O1. The normalized spacial score (nSPS) is 19.9. The highest BCUT2D eigenvalue weighted by atomic mass is 19.1. The molecule has 2 heterocycles. The largest absolute Gasteiger partial charge is 0.442 e. The Hall–Kier alpha value is -3.84. The molecule has 2 saturated heterocycles. The molecule has 0 bridgehead atoms. The highest BCUT2D eigenvalue weighted by molar-refractivity contribution is 5.90. The van der Waals surface area contributed by atoms with E-state index in [9.17, 15) is 29.8 Å². The van der Waals surface area contributed by atoms with E-state index in [2.05, 4.69) is 11.4 Å². The molecule has 9 nitrogen and oxygen atoms in total. The van der Waals surface area contributed by atoms with Gasteiger partial charge in [-0.3, -0.25) is 9.69 Å². The molecule has 2 aliphatic rings. The van der Waals surface area contributed by atoms with Gasteiger partial charge in [0.25, 0.3) is 0 Å². The molecular weight excluding hydrogens is 403 g/mol. The molecule has 1 atom stereocenters. The monoisotopic (exact) mass is 424 g/mol. The molecule has 1 aromatic carbocycles.